The highest BCUT2D eigenvalue weighted by Crippen LogP contribution is 2.04. The molecule has 2 aromatic rings. The van der Waals surface area contributed by atoms with Crippen LogP contribution in [0.15, 0.2) is 46.1 Å². The van der Waals surface area contributed by atoms with Crippen molar-refractivity contribution in [2.45, 2.75) is 6.54 Å². The van der Waals surface area contributed by atoms with Gasteiger partial charge in [0.25, 0.3) is 0 Å². The predicted molar refractivity (Wildman–Crippen MR) is 59.5 cm³/mol. The Morgan fingerprint density at radius 2 is 2.20 bits per heavy atom. The molecule has 0 aromatic carbocycles. The van der Waals surface area contributed by atoms with Gasteiger partial charge < -0.3 is 0 Å². The van der Waals surface area contributed by atoms with Crippen LogP contribution in [0.4, 0.5) is 0 Å². The van der Waals surface area contributed by atoms with Crippen LogP contribution in [-0.4, -0.2) is 14.5 Å². The van der Waals surface area contributed by atoms with Gasteiger partial charge in [-0.25, -0.2) is 9.78 Å². The summed E-state index contributed by atoms with van der Waals surface area (Å²) < 4.78 is 2.28. The van der Waals surface area contributed by atoms with Crippen LogP contribution < -0.4 is 5.69 Å². The van der Waals surface area contributed by atoms with E-state index in [1.807, 2.05) is 18.2 Å². The van der Waals surface area contributed by atoms with Crippen molar-refractivity contribution in [2.75, 3.05) is 0 Å². The molecule has 0 unspecified atom stereocenters. The maximum atomic E-state index is 11.4. The van der Waals surface area contributed by atoms with Crippen molar-refractivity contribution in [3.8, 4) is 0 Å². The summed E-state index contributed by atoms with van der Waals surface area (Å²) in [6.07, 6.45) is 4.88. The van der Waals surface area contributed by atoms with E-state index in [0.29, 0.717) is 6.54 Å². The maximum absolute atomic E-state index is 11.4. The third-order valence-corrected chi connectivity index (χ3v) is 2.29. The average Bonchev–Trinajstić information content (AvgIpc) is 2.25. The van der Waals surface area contributed by atoms with Gasteiger partial charge in [0.05, 0.1) is 16.7 Å². The summed E-state index contributed by atoms with van der Waals surface area (Å²) in [5, 5.41) is 0. The molecule has 4 nitrogen and oxygen atoms in total. The summed E-state index contributed by atoms with van der Waals surface area (Å²) in [6, 6.07) is 5.59. The van der Waals surface area contributed by atoms with Crippen molar-refractivity contribution in [3.63, 3.8) is 0 Å². The second kappa shape index (κ2) is 4.35. The van der Waals surface area contributed by atoms with Crippen molar-refractivity contribution >= 4 is 15.9 Å². The molecule has 0 aliphatic carbocycles. The summed E-state index contributed by atoms with van der Waals surface area (Å²) in [6.45, 7) is 0.437. The van der Waals surface area contributed by atoms with E-state index in [1.165, 1.54) is 10.8 Å². The Morgan fingerprint density at radius 3 is 2.93 bits per heavy atom. The molecule has 0 saturated heterocycles. The van der Waals surface area contributed by atoms with Crippen LogP contribution in [0.5, 0.6) is 0 Å². The molecule has 0 spiro atoms. The van der Waals surface area contributed by atoms with Gasteiger partial charge in [-0.05, 0) is 28.1 Å². The molecule has 0 aliphatic heterocycles. The van der Waals surface area contributed by atoms with E-state index >= 15 is 0 Å². The highest BCUT2D eigenvalue weighted by atomic mass is 79.9. The molecule has 0 saturated carbocycles. The van der Waals surface area contributed by atoms with Gasteiger partial charge in [-0.3, -0.25) is 9.55 Å². The molecule has 2 rings (SSSR count). The fourth-order valence-corrected chi connectivity index (χ4v) is 1.56. The van der Waals surface area contributed by atoms with Crippen LogP contribution in [0.2, 0.25) is 0 Å². The molecule has 15 heavy (non-hydrogen) atoms. The first-order chi connectivity index (χ1) is 7.25. The van der Waals surface area contributed by atoms with Gasteiger partial charge in [0.1, 0.15) is 0 Å². The average molecular weight is 266 g/mol. The summed E-state index contributed by atoms with van der Waals surface area (Å²) >= 11 is 3.27. The smallest absolute Gasteiger partial charge is 0.292 e. The third kappa shape index (κ3) is 2.50. The minimum absolute atomic E-state index is 0.274. The highest BCUT2D eigenvalue weighted by molar-refractivity contribution is 9.10. The van der Waals surface area contributed by atoms with Gasteiger partial charge in [-0.2, -0.15) is 0 Å². The molecular weight excluding hydrogens is 258 g/mol. The monoisotopic (exact) mass is 265 g/mol. The Bertz CT molecular complexity index is 510. The fraction of sp³-hybridized carbons (Fsp3) is 0.100. The number of hydrogen-bond donors (Lipinski definition) is 0. The zero-order valence-corrected chi connectivity index (χ0v) is 9.39. The molecular formula is C10H8BrN3O. The molecule has 0 radical (unpaired) electrons. The lowest BCUT2D eigenvalue weighted by Gasteiger charge is -2.03. The van der Waals surface area contributed by atoms with Gasteiger partial charge in [-0.15, -0.1) is 0 Å². The molecule has 0 atom stereocenters. The van der Waals surface area contributed by atoms with Crippen LogP contribution in [0.3, 0.4) is 0 Å². The second-order valence-corrected chi connectivity index (χ2v) is 3.92. The number of hydrogen-bond acceptors (Lipinski definition) is 3. The molecule has 2 aromatic heterocycles. The molecule has 0 bridgehead atoms. The number of pyridine rings is 1. The maximum Gasteiger partial charge on any atom is 0.347 e. The van der Waals surface area contributed by atoms with Crippen molar-refractivity contribution in [1.29, 1.82) is 0 Å². The van der Waals surface area contributed by atoms with Crippen molar-refractivity contribution < 1.29 is 0 Å². The third-order valence-electron chi connectivity index (χ3n) is 1.88. The van der Waals surface area contributed by atoms with E-state index in [2.05, 4.69) is 25.9 Å². The first-order valence-corrected chi connectivity index (χ1v) is 5.17. The van der Waals surface area contributed by atoms with E-state index in [0.717, 1.165) is 10.2 Å². The number of halogens is 1. The van der Waals surface area contributed by atoms with Crippen molar-refractivity contribution in [3.05, 3.63) is 57.4 Å². The molecule has 5 heteroatoms. The molecule has 2 heterocycles. The van der Waals surface area contributed by atoms with E-state index in [-0.39, 0.29) is 5.69 Å². The molecule has 0 N–H and O–H groups in total. The van der Waals surface area contributed by atoms with Crippen LogP contribution >= 0.6 is 15.9 Å². The van der Waals surface area contributed by atoms with E-state index in [9.17, 15) is 4.79 Å². The first-order valence-electron chi connectivity index (χ1n) is 4.37. The zero-order valence-electron chi connectivity index (χ0n) is 7.80. The molecule has 0 amide bonds. The lowest BCUT2D eigenvalue weighted by atomic mass is 10.3. The standard InChI is InChI=1S/C10H8BrN3O/c11-8-5-13-10(15)14(6-8)7-9-3-1-2-4-12-9/h1-6H,7H2. The van der Waals surface area contributed by atoms with Crippen LogP contribution in [0, 0.1) is 0 Å². The summed E-state index contributed by atoms with van der Waals surface area (Å²) in [7, 11) is 0. The lowest BCUT2D eigenvalue weighted by molar-refractivity contribution is 0.707. The van der Waals surface area contributed by atoms with Crippen LogP contribution in [0.1, 0.15) is 5.69 Å². The fourth-order valence-electron chi connectivity index (χ4n) is 1.21. The van der Waals surface area contributed by atoms with Gasteiger partial charge in [0.15, 0.2) is 0 Å². The molecule has 0 aliphatic rings. The van der Waals surface area contributed by atoms with Gasteiger partial charge in [0.2, 0.25) is 0 Å². The van der Waals surface area contributed by atoms with Gasteiger partial charge >= 0.3 is 5.69 Å². The van der Waals surface area contributed by atoms with E-state index in [1.54, 1.807) is 12.4 Å². The van der Waals surface area contributed by atoms with Crippen LogP contribution in [-0.2, 0) is 6.54 Å². The Hall–Kier alpha value is -1.49. The van der Waals surface area contributed by atoms with Gasteiger partial charge in [0, 0.05) is 18.6 Å². The number of rotatable bonds is 2. The normalized spacial score (nSPS) is 10.2. The quantitative estimate of drug-likeness (QED) is 0.826. The summed E-state index contributed by atoms with van der Waals surface area (Å²) in [5.41, 5.74) is 0.559. The number of nitrogens with zero attached hydrogens (tertiary/aromatic N) is 3. The van der Waals surface area contributed by atoms with E-state index in [4.69, 9.17) is 0 Å². The Balaban J connectivity index is 2.32. The summed E-state index contributed by atoms with van der Waals surface area (Å²) in [5.74, 6) is 0. The first kappa shape index (κ1) is 10.0. The lowest BCUT2D eigenvalue weighted by Crippen LogP contribution is -2.22. The summed E-state index contributed by atoms with van der Waals surface area (Å²) in [4.78, 5) is 19.2. The zero-order chi connectivity index (χ0) is 10.7. The Labute approximate surface area is 94.8 Å². The Kier molecular flexibility index (Phi) is 2.91. The largest absolute Gasteiger partial charge is 0.347 e. The van der Waals surface area contributed by atoms with Crippen LogP contribution in [0.25, 0.3) is 0 Å². The van der Waals surface area contributed by atoms with E-state index < -0.39 is 0 Å². The van der Waals surface area contributed by atoms with Crippen molar-refractivity contribution in [1.82, 2.24) is 14.5 Å². The highest BCUT2D eigenvalue weighted by Gasteiger charge is 1.99. The topological polar surface area (TPSA) is 47.8 Å². The van der Waals surface area contributed by atoms with Gasteiger partial charge in [-0.1, -0.05) is 6.07 Å². The molecule has 76 valence electrons. The minimum atomic E-state index is -0.274. The number of aromatic nitrogens is 3. The second-order valence-electron chi connectivity index (χ2n) is 3.00. The van der Waals surface area contributed by atoms with Crippen molar-refractivity contribution in [2.24, 2.45) is 0 Å². The molecule has 0 fully saturated rings. The minimum Gasteiger partial charge on any atom is -0.292 e. The SMILES string of the molecule is O=c1ncc(Br)cn1Cc1ccccn1. The predicted octanol–water partition coefficient (Wildman–Crippen LogP) is 1.45. The Morgan fingerprint density at radius 1 is 1.33 bits per heavy atom.